The number of nitrogens with two attached hydrogens (primary N) is 1. The standard InChI is InChI=1S/C15H20BrClN4/c1-10-5-4-6-11(13(10)17)14(18)15-12(16)9-19-21(15)8-7-20(2)3/h4-6,9,14H,7-8,18H2,1-3H3. The number of likely N-dealkylation sites (N-methyl/N-ethyl adjacent to an activating group) is 1. The van der Waals surface area contributed by atoms with Crippen LogP contribution >= 0.6 is 27.5 Å². The van der Waals surface area contributed by atoms with Gasteiger partial charge < -0.3 is 10.6 Å². The number of hydrogen-bond donors (Lipinski definition) is 1. The van der Waals surface area contributed by atoms with E-state index in [1.165, 1.54) is 0 Å². The van der Waals surface area contributed by atoms with Crippen molar-refractivity contribution in [1.82, 2.24) is 14.7 Å². The molecule has 0 aliphatic heterocycles. The summed E-state index contributed by atoms with van der Waals surface area (Å²) in [5, 5.41) is 5.13. The van der Waals surface area contributed by atoms with Gasteiger partial charge in [0.1, 0.15) is 0 Å². The van der Waals surface area contributed by atoms with Gasteiger partial charge in [-0.15, -0.1) is 0 Å². The summed E-state index contributed by atoms with van der Waals surface area (Å²) >= 11 is 9.95. The van der Waals surface area contributed by atoms with E-state index in [9.17, 15) is 0 Å². The molecule has 1 atom stereocenters. The highest BCUT2D eigenvalue weighted by molar-refractivity contribution is 9.10. The quantitative estimate of drug-likeness (QED) is 0.878. The van der Waals surface area contributed by atoms with Crippen LogP contribution in [0.5, 0.6) is 0 Å². The van der Waals surface area contributed by atoms with E-state index in [0.29, 0.717) is 0 Å². The van der Waals surface area contributed by atoms with Crippen LogP contribution in [0.4, 0.5) is 0 Å². The lowest BCUT2D eigenvalue weighted by Gasteiger charge is -2.19. The highest BCUT2D eigenvalue weighted by Gasteiger charge is 2.21. The summed E-state index contributed by atoms with van der Waals surface area (Å²) in [5.41, 5.74) is 9.35. The van der Waals surface area contributed by atoms with E-state index in [1.807, 2.05) is 43.9 Å². The van der Waals surface area contributed by atoms with Crippen molar-refractivity contribution in [2.45, 2.75) is 19.5 Å². The molecule has 0 radical (unpaired) electrons. The number of benzene rings is 1. The van der Waals surface area contributed by atoms with Gasteiger partial charge in [0, 0.05) is 11.6 Å². The Kier molecular flexibility index (Phi) is 5.43. The van der Waals surface area contributed by atoms with Crippen molar-refractivity contribution in [2.75, 3.05) is 20.6 Å². The third kappa shape index (κ3) is 3.66. The average Bonchev–Trinajstić information content (AvgIpc) is 2.80. The van der Waals surface area contributed by atoms with Crippen LogP contribution in [0.3, 0.4) is 0 Å². The third-order valence-corrected chi connectivity index (χ3v) is 4.57. The molecule has 0 amide bonds. The molecule has 0 aliphatic rings. The Hall–Kier alpha value is -0.880. The molecule has 4 nitrogen and oxygen atoms in total. The fraction of sp³-hybridized carbons (Fsp3) is 0.400. The molecule has 114 valence electrons. The van der Waals surface area contributed by atoms with Gasteiger partial charge in [-0.3, -0.25) is 4.68 Å². The molecule has 0 saturated carbocycles. The van der Waals surface area contributed by atoms with Gasteiger partial charge >= 0.3 is 0 Å². The Bertz CT molecular complexity index is 624. The van der Waals surface area contributed by atoms with Crippen LogP contribution < -0.4 is 5.73 Å². The first-order valence-electron chi connectivity index (χ1n) is 6.78. The lowest BCUT2D eigenvalue weighted by molar-refractivity contribution is 0.368. The van der Waals surface area contributed by atoms with Crippen molar-refractivity contribution in [1.29, 1.82) is 0 Å². The van der Waals surface area contributed by atoms with E-state index >= 15 is 0 Å². The Morgan fingerprint density at radius 3 is 2.81 bits per heavy atom. The van der Waals surface area contributed by atoms with Gasteiger partial charge in [-0.1, -0.05) is 29.8 Å². The molecule has 2 N–H and O–H groups in total. The van der Waals surface area contributed by atoms with Crippen molar-refractivity contribution in [2.24, 2.45) is 5.73 Å². The number of aryl methyl sites for hydroxylation is 1. The molecular formula is C15H20BrClN4. The number of hydrogen-bond acceptors (Lipinski definition) is 3. The smallest absolute Gasteiger partial charge is 0.0749 e. The fourth-order valence-corrected chi connectivity index (χ4v) is 3.00. The molecule has 21 heavy (non-hydrogen) atoms. The third-order valence-electron chi connectivity index (χ3n) is 3.44. The zero-order chi connectivity index (χ0) is 15.6. The first-order chi connectivity index (χ1) is 9.91. The minimum Gasteiger partial charge on any atom is -0.319 e. The molecule has 2 rings (SSSR count). The number of rotatable bonds is 5. The molecule has 1 unspecified atom stereocenters. The minimum atomic E-state index is -0.309. The molecule has 0 saturated heterocycles. The predicted octanol–water partition coefficient (Wildman–Crippen LogP) is 3.22. The molecule has 0 spiro atoms. The Balaban J connectivity index is 2.36. The van der Waals surface area contributed by atoms with Gasteiger partial charge in [0.2, 0.25) is 0 Å². The monoisotopic (exact) mass is 370 g/mol. The normalized spacial score (nSPS) is 12.9. The van der Waals surface area contributed by atoms with Gasteiger partial charge in [-0.2, -0.15) is 5.10 Å². The van der Waals surface area contributed by atoms with E-state index in [4.69, 9.17) is 17.3 Å². The molecule has 1 aromatic carbocycles. The summed E-state index contributed by atoms with van der Waals surface area (Å²) in [6, 6.07) is 5.62. The molecule has 2 aromatic rings. The van der Waals surface area contributed by atoms with Crippen molar-refractivity contribution < 1.29 is 0 Å². The maximum atomic E-state index is 6.45. The minimum absolute atomic E-state index is 0.309. The molecule has 0 bridgehead atoms. The first-order valence-corrected chi connectivity index (χ1v) is 7.95. The number of halogens is 2. The Morgan fingerprint density at radius 2 is 2.14 bits per heavy atom. The highest BCUT2D eigenvalue weighted by Crippen LogP contribution is 2.32. The first kappa shape index (κ1) is 16.5. The van der Waals surface area contributed by atoms with E-state index in [-0.39, 0.29) is 6.04 Å². The van der Waals surface area contributed by atoms with E-state index < -0.39 is 0 Å². The van der Waals surface area contributed by atoms with E-state index in [1.54, 1.807) is 6.20 Å². The summed E-state index contributed by atoms with van der Waals surface area (Å²) in [6.45, 7) is 3.66. The molecule has 0 fully saturated rings. The number of aromatic nitrogens is 2. The van der Waals surface area contributed by atoms with Crippen LogP contribution in [0.2, 0.25) is 5.02 Å². The van der Waals surface area contributed by atoms with Crippen LogP contribution in [0.1, 0.15) is 22.9 Å². The van der Waals surface area contributed by atoms with Gasteiger partial charge in [0.05, 0.1) is 29.0 Å². The van der Waals surface area contributed by atoms with Crippen molar-refractivity contribution in [3.8, 4) is 0 Å². The van der Waals surface area contributed by atoms with Crippen LogP contribution in [0.15, 0.2) is 28.9 Å². The summed E-state index contributed by atoms with van der Waals surface area (Å²) in [5.74, 6) is 0. The van der Waals surface area contributed by atoms with Crippen LogP contribution in [0.25, 0.3) is 0 Å². The second kappa shape index (κ2) is 6.92. The zero-order valence-electron chi connectivity index (χ0n) is 12.5. The summed E-state index contributed by atoms with van der Waals surface area (Å²) in [4.78, 5) is 2.12. The maximum absolute atomic E-state index is 6.45. The van der Waals surface area contributed by atoms with Crippen LogP contribution in [0, 0.1) is 6.92 Å². The zero-order valence-corrected chi connectivity index (χ0v) is 14.8. The Labute approximate surface area is 139 Å². The van der Waals surface area contributed by atoms with Gasteiger partial charge in [0.15, 0.2) is 0 Å². The Morgan fingerprint density at radius 1 is 1.43 bits per heavy atom. The summed E-state index contributed by atoms with van der Waals surface area (Å²) in [6.07, 6.45) is 1.79. The molecular weight excluding hydrogens is 352 g/mol. The fourth-order valence-electron chi connectivity index (χ4n) is 2.21. The molecule has 0 aliphatic carbocycles. The van der Waals surface area contributed by atoms with Gasteiger partial charge in [-0.25, -0.2) is 0 Å². The van der Waals surface area contributed by atoms with E-state index in [2.05, 4.69) is 25.9 Å². The lowest BCUT2D eigenvalue weighted by Crippen LogP contribution is -2.23. The van der Waals surface area contributed by atoms with E-state index in [0.717, 1.165) is 39.4 Å². The average molecular weight is 372 g/mol. The summed E-state index contributed by atoms with van der Waals surface area (Å²) < 4.78 is 2.85. The number of nitrogens with zero attached hydrogens (tertiary/aromatic N) is 3. The van der Waals surface area contributed by atoms with Gasteiger partial charge in [-0.05, 0) is 48.1 Å². The van der Waals surface area contributed by atoms with Gasteiger partial charge in [0.25, 0.3) is 0 Å². The lowest BCUT2D eigenvalue weighted by atomic mass is 10.0. The van der Waals surface area contributed by atoms with Crippen molar-refractivity contribution in [3.63, 3.8) is 0 Å². The van der Waals surface area contributed by atoms with Crippen molar-refractivity contribution >= 4 is 27.5 Å². The molecule has 6 heteroatoms. The second-order valence-corrected chi connectivity index (χ2v) is 6.59. The predicted molar refractivity (Wildman–Crippen MR) is 90.7 cm³/mol. The van der Waals surface area contributed by atoms with Crippen LogP contribution in [-0.4, -0.2) is 35.3 Å². The largest absolute Gasteiger partial charge is 0.319 e. The molecule has 1 aromatic heterocycles. The highest BCUT2D eigenvalue weighted by atomic mass is 79.9. The second-order valence-electron chi connectivity index (χ2n) is 5.36. The SMILES string of the molecule is Cc1cccc(C(N)c2c(Br)cnn2CCN(C)C)c1Cl. The van der Waals surface area contributed by atoms with Crippen LogP contribution in [-0.2, 0) is 6.54 Å². The topological polar surface area (TPSA) is 47.1 Å². The van der Waals surface area contributed by atoms with Crippen molar-refractivity contribution in [3.05, 3.63) is 50.7 Å². The maximum Gasteiger partial charge on any atom is 0.0749 e. The summed E-state index contributed by atoms with van der Waals surface area (Å²) in [7, 11) is 4.07. The molecule has 1 heterocycles.